The van der Waals surface area contributed by atoms with Crippen molar-refractivity contribution in [2.24, 2.45) is 4.99 Å². The normalized spacial score (nSPS) is 11.9. The van der Waals surface area contributed by atoms with Crippen molar-refractivity contribution in [3.05, 3.63) is 98.8 Å². The van der Waals surface area contributed by atoms with Crippen molar-refractivity contribution < 1.29 is 0 Å². The van der Waals surface area contributed by atoms with Crippen LogP contribution in [-0.4, -0.2) is 20.5 Å². The van der Waals surface area contributed by atoms with E-state index in [1.54, 1.807) is 25.1 Å². The first-order valence-corrected chi connectivity index (χ1v) is 11.4. The summed E-state index contributed by atoms with van der Waals surface area (Å²) < 4.78 is 2.48. The highest BCUT2D eigenvalue weighted by Gasteiger charge is 2.21. The number of benzene rings is 3. The number of hydrogen-bond donors (Lipinski definition) is 1. The summed E-state index contributed by atoms with van der Waals surface area (Å²) >= 11 is 13.9. The molecule has 0 aliphatic carbocycles. The quantitative estimate of drug-likeness (QED) is 0.285. The Morgan fingerprint density at radius 2 is 1.78 bits per heavy atom. The zero-order valence-electron chi connectivity index (χ0n) is 16.8. The summed E-state index contributed by atoms with van der Waals surface area (Å²) in [5.41, 5.74) is 3.61. The Bertz CT molecular complexity index is 1500. The maximum Gasteiger partial charge on any atom is 0.283 e. The number of thiazole rings is 1. The molecule has 0 fully saturated rings. The van der Waals surface area contributed by atoms with Gasteiger partial charge in [0.1, 0.15) is 0 Å². The molecule has 0 aliphatic heterocycles. The van der Waals surface area contributed by atoms with Gasteiger partial charge in [0.2, 0.25) is 5.13 Å². The van der Waals surface area contributed by atoms with Gasteiger partial charge in [-0.25, -0.2) is 4.98 Å². The largest absolute Gasteiger partial charge is 0.288 e. The van der Waals surface area contributed by atoms with Crippen LogP contribution in [0.4, 0.5) is 5.69 Å². The minimum absolute atomic E-state index is 0.234. The molecule has 0 radical (unpaired) electrons. The fourth-order valence-electron chi connectivity index (χ4n) is 3.49. The van der Waals surface area contributed by atoms with E-state index in [2.05, 4.69) is 15.1 Å². The lowest BCUT2D eigenvalue weighted by molar-refractivity contribution is 0.845. The van der Waals surface area contributed by atoms with Gasteiger partial charge in [0, 0.05) is 10.6 Å². The molecule has 0 unspecified atom stereocenters. The Morgan fingerprint density at radius 3 is 2.56 bits per heavy atom. The van der Waals surface area contributed by atoms with Crippen molar-refractivity contribution in [1.82, 2.24) is 14.8 Å². The number of rotatable bonds is 4. The van der Waals surface area contributed by atoms with E-state index in [1.807, 2.05) is 54.6 Å². The number of aliphatic imine (C=N–C) groups is 1. The van der Waals surface area contributed by atoms with Gasteiger partial charge in [-0.3, -0.25) is 14.9 Å². The lowest BCUT2D eigenvalue weighted by atomic mass is 10.1. The van der Waals surface area contributed by atoms with Crippen molar-refractivity contribution in [2.75, 3.05) is 0 Å². The van der Waals surface area contributed by atoms with Gasteiger partial charge in [-0.15, -0.1) is 0 Å². The number of H-pyrrole nitrogens is 1. The molecule has 158 valence electrons. The predicted octanol–water partition coefficient (Wildman–Crippen LogP) is 6.89. The average Bonchev–Trinajstić information content (AvgIpc) is 3.37. The number of aromatic nitrogens is 3. The average molecular weight is 479 g/mol. The van der Waals surface area contributed by atoms with Gasteiger partial charge in [-0.05, 0) is 37.3 Å². The molecule has 0 saturated heterocycles. The third-order valence-corrected chi connectivity index (χ3v) is 6.56. The highest BCUT2D eigenvalue weighted by Crippen LogP contribution is 2.30. The van der Waals surface area contributed by atoms with Crippen molar-refractivity contribution in [3.63, 3.8) is 0 Å². The van der Waals surface area contributed by atoms with Crippen LogP contribution in [0.5, 0.6) is 0 Å². The molecule has 0 saturated carbocycles. The summed E-state index contributed by atoms with van der Waals surface area (Å²) in [6, 6.07) is 22.5. The molecule has 5 nitrogen and oxygen atoms in total. The van der Waals surface area contributed by atoms with Crippen molar-refractivity contribution >= 4 is 56.2 Å². The number of nitrogens with zero attached hydrogens (tertiary/aromatic N) is 3. The number of aromatic amines is 1. The van der Waals surface area contributed by atoms with Crippen LogP contribution in [0.3, 0.4) is 0 Å². The molecule has 0 aliphatic rings. The molecule has 8 heteroatoms. The molecule has 0 amide bonds. The van der Waals surface area contributed by atoms with Crippen molar-refractivity contribution in [2.45, 2.75) is 6.92 Å². The highest BCUT2D eigenvalue weighted by atomic mass is 35.5. The summed E-state index contributed by atoms with van der Waals surface area (Å²) in [5, 5.41) is 4.79. The fourth-order valence-corrected chi connectivity index (χ4v) is 4.74. The first-order valence-electron chi connectivity index (χ1n) is 9.78. The Labute approximate surface area is 197 Å². The number of hydrogen-bond acceptors (Lipinski definition) is 4. The minimum Gasteiger partial charge on any atom is -0.288 e. The van der Waals surface area contributed by atoms with Crippen LogP contribution in [0.2, 0.25) is 10.0 Å². The summed E-state index contributed by atoms with van der Waals surface area (Å²) in [6.45, 7) is 1.79. The summed E-state index contributed by atoms with van der Waals surface area (Å²) in [7, 11) is 0. The smallest absolute Gasteiger partial charge is 0.283 e. The molecule has 2 heterocycles. The van der Waals surface area contributed by atoms with Crippen LogP contribution < -0.4 is 5.56 Å². The van der Waals surface area contributed by atoms with E-state index >= 15 is 0 Å². The SMILES string of the molecule is CC(=Nc1cc(Cl)ccc1Cl)c1c(-c2ccccc2)[nH]n(-c2nc3ccccc3s2)c1=O. The van der Waals surface area contributed by atoms with Gasteiger partial charge in [0.15, 0.2) is 0 Å². The van der Waals surface area contributed by atoms with Crippen LogP contribution >= 0.6 is 34.5 Å². The Kier molecular flexibility index (Phi) is 5.43. The van der Waals surface area contributed by atoms with Gasteiger partial charge >= 0.3 is 0 Å². The van der Waals surface area contributed by atoms with Gasteiger partial charge in [0.25, 0.3) is 5.56 Å². The van der Waals surface area contributed by atoms with Crippen LogP contribution in [0.15, 0.2) is 82.6 Å². The van der Waals surface area contributed by atoms with Crippen LogP contribution in [0, 0.1) is 0 Å². The lowest BCUT2D eigenvalue weighted by Gasteiger charge is -2.04. The zero-order valence-corrected chi connectivity index (χ0v) is 19.2. The van der Waals surface area contributed by atoms with Gasteiger partial charge in [-0.1, -0.05) is 77.0 Å². The molecule has 0 bridgehead atoms. The van der Waals surface area contributed by atoms with Gasteiger partial charge in [-0.2, -0.15) is 4.68 Å². The van der Waals surface area contributed by atoms with Crippen molar-refractivity contribution in [1.29, 1.82) is 0 Å². The first kappa shape index (κ1) is 20.7. The molecule has 5 rings (SSSR count). The maximum absolute atomic E-state index is 13.6. The minimum atomic E-state index is -0.234. The second-order valence-electron chi connectivity index (χ2n) is 7.13. The van der Waals surface area contributed by atoms with Crippen LogP contribution in [-0.2, 0) is 0 Å². The monoisotopic (exact) mass is 478 g/mol. The molecule has 3 aromatic carbocycles. The van der Waals surface area contributed by atoms with Gasteiger partial charge in [0.05, 0.1) is 37.9 Å². The van der Waals surface area contributed by atoms with E-state index in [0.717, 1.165) is 15.8 Å². The zero-order chi connectivity index (χ0) is 22.2. The summed E-state index contributed by atoms with van der Waals surface area (Å²) in [4.78, 5) is 22.9. The van der Waals surface area contributed by atoms with E-state index < -0.39 is 0 Å². The molecular formula is C24H16Cl2N4OS. The fraction of sp³-hybridized carbons (Fsp3) is 0.0417. The van der Waals surface area contributed by atoms with Crippen LogP contribution in [0.1, 0.15) is 12.5 Å². The molecule has 5 aromatic rings. The van der Waals surface area contributed by atoms with Crippen molar-refractivity contribution in [3.8, 4) is 16.4 Å². The molecule has 0 spiro atoms. The Balaban J connectivity index is 1.73. The number of nitrogens with one attached hydrogen (secondary N) is 1. The number of para-hydroxylation sites is 1. The first-order chi connectivity index (χ1) is 15.5. The second-order valence-corrected chi connectivity index (χ2v) is 8.98. The highest BCUT2D eigenvalue weighted by molar-refractivity contribution is 7.20. The number of fused-ring (bicyclic) bond motifs is 1. The van der Waals surface area contributed by atoms with E-state index in [4.69, 9.17) is 23.2 Å². The third kappa shape index (κ3) is 3.77. The van der Waals surface area contributed by atoms with Gasteiger partial charge < -0.3 is 0 Å². The van der Waals surface area contributed by atoms with E-state index in [-0.39, 0.29) is 5.56 Å². The lowest BCUT2D eigenvalue weighted by Crippen LogP contribution is -2.19. The number of halogens is 2. The molecule has 2 aromatic heterocycles. The second kappa shape index (κ2) is 8.39. The standard InChI is InChI=1S/C24H16Cl2N4OS/c1-14(27-19-13-16(25)11-12-17(19)26)21-22(15-7-3-2-4-8-15)29-30(23(21)31)24-28-18-9-5-6-10-20(18)32-24/h2-13,29H,1H3. The topological polar surface area (TPSA) is 63.0 Å². The summed E-state index contributed by atoms with van der Waals surface area (Å²) in [6.07, 6.45) is 0. The molecule has 1 N–H and O–H groups in total. The van der Waals surface area contributed by atoms with E-state index in [1.165, 1.54) is 16.0 Å². The van der Waals surface area contributed by atoms with E-state index in [9.17, 15) is 4.79 Å². The Morgan fingerprint density at radius 1 is 1.03 bits per heavy atom. The third-order valence-electron chi connectivity index (χ3n) is 4.99. The van der Waals surface area contributed by atoms with E-state index in [0.29, 0.717) is 37.8 Å². The summed E-state index contributed by atoms with van der Waals surface area (Å²) in [5.74, 6) is 0. The predicted molar refractivity (Wildman–Crippen MR) is 133 cm³/mol. The molecule has 32 heavy (non-hydrogen) atoms. The Hall–Kier alpha value is -3.19. The molecule has 0 atom stereocenters. The molecular weight excluding hydrogens is 463 g/mol. The van der Waals surface area contributed by atoms with Crippen LogP contribution in [0.25, 0.3) is 26.6 Å². The maximum atomic E-state index is 13.6.